The van der Waals surface area contributed by atoms with Gasteiger partial charge in [0.05, 0.1) is 12.5 Å². The molecule has 1 aliphatic heterocycles. The van der Waals surface area contributed by atoms with E-state index in [0.29, 0.717) is 16.3 Å². The third kappa shape index (κ3) is 6.68. The standard InChI is InChI=1S/C27H23ClF2N4O5/c28-18-4-2-6-21(14-18)31-27(39)34-12-11-33(26(38)17-3-1-5-20(30)13-17)25(34)24(37)32-22(15-23(35)36)16-7-9-19(29)10-8-16/h1-10,13-14,22,25H,11-12,15H2,(H,31,39)(H,32,37)(H,35,36). The van der Waals surface area contributed by atoms with E-state index in [2.05, 4.69) is 10.6 Å². The molecule has 3 N–H and O–H groups in total. The molecule has 2 atom stereocenters. The van der Waals surface area contributed by atoms with Crippen LogP contribution in [-0.2, 0) is 9.59 Å². The highest BCUT2D eigenvalue weighted by atomic mass is 35.5. The molecule has 4 amide bonds. The van der Waals surface area contributed by atoms with Crippen LogP contribution in [0.3, 0.4) is 0 Å². The number of aliphatic carboxylic acids is 1. The monoisotopic (exact) mass is 556 g/mol. The van der Waals surface area contributed by atoms with Crippen LogP contribution in [0, 0.1) is 11.6 Å². The lowest BCUT2D eigenvalue weighted by Crippen LogP contribution is -2.55. The first-order valence-electron chi connectivity index (χ1n) is 11.8. The quantitative estimate of drug-likeness (QED) is 0.402. The Hall–Kier alpha value is -4.51. The van der Waals surface area contributed by atoms with Crippen LogP contribution in [0.5, 0.6) is 0 Å². The maximum atomic E-state index is 13.8. The van der Waals surface area contributed by atoms with Crippen LogP contribution in [0.1, 0.15) is 28.4 Å². The number of nitrogens with zero attached hydrogens (tertiary/aromatic N) is 2. The van der Waals surface area contributed by atoms with Crippen molar-refractivity contribution in [1.29, 1.82) is 0 Å². The van der Waals surface area contributed by atoms with Gasteiger partial charge in [0.15, 0.2) is 6.17 Å². The minimum atomic E-state index is -1.50. The van der Waals surface area contributed by atoms with Gasteiger partial charge in [0, 0.05) is 29.4 Å². The molecule has 1 heterocycles. The van der Waals surface area contributed by atoms with Crippen molar-refractivity contribution in [2.75, 3.05) is 18.4 Å². The highest BCUT2D eigenvalue weighted by Crippen LogP contribution is 2.24. The zero-order valence-electron chi connectivity index (χ0n) is 20.3. The van der Waals surface area contributed by atoms with Crippen molar-refractivity contribution >= 4 is 41.1 Å². The van der Waals surface area contributed by atoms with Crippen molar-refractivity contribution in [3.8, 4) is 0 Å². The predicted molar refractivity (Wildman–Crippen MR) is 138 cm³/mol. The SMILES string of the molecule is O=C(O)CC(NC(=O)C1N(C(=O)Nc2cccc(Cl)c2)CCN1C(=O)c1cccc(F)c1)c1ccc(F)cc1. The number of anilines is 1. The number of hydrogen-bond donors (Lipinski definition) is 3. The van der Waals surface area contributed by atoms with Crippen molar-refractivity contribution in [2.24, 2.45) is 0 Å². The van der Waals surface area contributed by atoms with Crippen LogP contribution in [0.25, 0.3) is 0 Å². The number of carboxylic acids is 1. The number of carboxylic acid groups (broad SMARTS) is 1. The second-order valence-corrected chi connectivity index (χ2v) is 9.16. The molecule has 0 aliphatic carbocycles. The van der Waals surface area contributed by atoms with E-state index in [1.54, 1.807) is 18.2 Å². The molecule has 2 unspecified atom stereocenters. The lowest BCUT2D eigenvalue weighted by atomic mass is 10.0. The van der Waals surface area contributed by atoms with E-state index in [9.17, 15) is 33.1 Å². The van der Waals surface area contributed by atoms with Crippen LogP contribution in [0.2, 0.25) is 5.02 Å². The van der Waals surface area contributed by atoms with Gasteiger partial charge in [-0.3, -0.25) is 19.3 Å². The van der Waals surface area contributed by atoms with Gasteiger partial charge in [-0.25, -0.2) is 13.6 Å². The second kappa shape index (κ2) is 11.9. The summed E-state index contributed by atoms with van der Waals surface area (Å²) < 4.78 is 27.3. The molecule has 3 aromatic carbocycles. The molecule has 4 rings (SSSR count). The Morgan fingerprint density at radius 2 is 1.62 bits per heavy atom. The summed E-state index contributed by atoms with van der Waals surface area (Å²) in [6.45, 7) is -0.109. The zero-order chi connectivity index (χ0) is 28.1. The van der Waals surface area contributed by atoms with Gasteiger partial charge in [-0.05, 0) is 54.1 Å². The Kier molecular flexibility index (Phi) is 8.40. The normalized spacial score (nSPS) is 15.5. The summed E-state index contributed by atoms with van der Waals surface area (Å²) in [5.41, 5.74) is 0.616. The summed E-state index contributed by atoms with van der Waals surface area (Å²) in [4.78, 5) is 53.9. The van der Waals surface area contributed by atoms with E-state index in [1.807, 2.05) is 0 Å². The maximum Gasteiger partial charge on any atom is 0.323 e. The van der Waals surface area contributed by atoms with Crippen molar-refractivity contribution in [2.45, 2.75) is 18.6 Å². The molecule has 1 saturated heterocycles. The van der Waals surface area contributed by atoms with E-state index < -0.39 is 54.1 Å². The smallest absolute Gasteiger partial charge is 0.323 e. The highest BCUT2D eigenvalue weighted by molar-refractivity contribution is 6.30. The van der Waals surface area contributed by atoms with Crippen LogP contribution < -0.4 is 10.6 Å². The molecule has 0 saturated carbocycles. The van der Waals surface area contributed by atoms with Gasteiger partial charge in [0.1, 0.15) is 11.6 Å². The predicted octanol–water partition coefficient (Wildman–Crippen LogP) is 4.27. The number of halogens is 3. The van der Waals surface area contributed by atoms with Gasteiger partial charge in [0.25, 0.3) is 11.8 Å². The Labute approximate surface area is 227 Å². The first-order valence-corrected chi connectivity index (χ1v) is 12.2. The number of amides is 4. The van der Waals surface area contributed by atoms with Crippen LogP contribution in [-0.4, -0.2) is 58.0 Å². The van der Waals surface area contributed by atoms with E-state index in [0.717, 1.165) is 34.1 Å². The number of benzene rings is 3. The summed E-state index contributed by atoms with van der Waals surface area (Å²) in [6.07, 6.45) is -2.05. The van der Waals surface area contributed by atoms with Crippen molar-refractivity contribution < 1.29 is 33.1 Å². The third-order valence-electron chi connectivity index (χ3n) is 6.04. The number of urea groups is 1. The summed E-state index contributed by atoms with van der Waals surface area (Å²) in [7, 11) is 0. The third-order valence-corrected chi connectivity index (χ3v) is 6.28. The molecular weight excluding hydrogens is 534 g/mol. The minimum absolute atomic E-state index is 0.0366. The lowest BCUT2D eigenvalue weighted by Gasteiger charge is -2.31. The minimum Gasteiger partial charge on any atom is -0.481 e. The van der Waals surface area contributed by atoms with Crippen molar-refractivity contribution in [1.82, 2.24) is 15.1 Å². The molecule has 12 heteroatoms. The number of rotatable bonds is 7. The van der Waals surface area contributed by atoms with Gasteiger partial charge in [-0.1, -0.05) is 35.9 Å². The Morgan fingerprint density at radius 3 is 2.28 bits per heavy atom. The Bertz CT molecular complexity index is 1400. The molecule has 39 heavy (non-hydrogen) atoms. The fourth-order valence-electron chi connectivity index (χ4n) is 4.25. The summed E-state index contributed by atoms with van der Waals surface area (Å²) in [5.74, 6) is -4.00. The highest BCUT2D eigenvalue weighted by Gasteiger charge is 2.43. The molecule has 0 spiro atoms. The number of carbonyl (C=O) groups excluding carboxylic acids is 3. The molecule has 202 valence electrons. The average Bonchev–Trinajstić information content (AvgIpc) is 3.34. The zero-order valence-corrected chi connectivity index (χ0v) is 21.1. The van der Waals surface area contributed by atoms with Gasteiger partial charge in [-0.2, -0.15) is 0 Å². The van der Waals surface area contributed by atoms with E-state index in [1.165, 1.54) is 30.3 Å². The molecule has 1 fully saturated rings. The molecular formula is C27H23ClF2N4O5. The van der Waals surface area contributed by atoms with Gasteiger partial charge in [0.2, 0.25) is 0 Å². The first-order chi connectivity index (χ1) is 18.6. The molecule has 1 aliphatic rings. The second-order valence-electron chi connectivity index (χ2n) is 8.73. The summed E-state index contributed by atoms with van der Waals surface area (Å²) in [5, 5.41) is 15.0. The largest absolute Gasteiger partial charge is 0.481 e. The van der Waals surface area contributed by atoms with E-state index in [-0.39, 0.29) is 18.7 Å². The molecule has 9 nitrogen and oxygen atoms in total. The van der Waals surface area contributed by atoms with E-state index >= 15 is 0 Å². The fraction of sp³-hybridized carbons (Fsp3) is 0.185. The maximum absolute atomic E-state index is 13.8. The summed E-state index contributed by atoms with van der Waals surface area (Å²) >= 11 is 6.00. The first kappa shape index (κ1) is 27.5. The van der Waals surface area contributed by atoms with Gasteiger partial charge >= 0.3 is 12.0 Å². The molecule has 0 aromatic heterocycles. The topological polar surface area (TPSA) is 119 Å². The van der Waals surface area contributed by atoms with Gasteiger partial charge in [-0.15, -0.1) is 0 Å². The van der Waals surface area contributed by atoms with Gasteiger partial charge < -0.3 is 20.6 Å². The number of hydrogen-bond acceptors (Lipinski definition) is 4. The average molecular weight is 557 g/mol. The molecule has 0 radical (unpaired) electrons. The molecule has 3 aromatic rings. The van der Waals surface area contributed by atoms with Crippen molar-refractivity contribution in [3.63, 3.8) is 0 Å². The Morgan fingerprint density at radius 1 is 0.923 bits per heavy atom. The number of nitrogens with one attached hydrogen (secondary N) is 2. The molecule has 0 bridgehead atoms. The summed E-state index contributed by atoms with van der Waals surface area (Å²) in [6, 6.07) is 14.3. The van der Waals surface area contributed by atoms with Crippen molar-refractivity contribution in [3.05, 3.63) is 101 Å². The van der Waals surface area contributed by atoms with Crippen LogP contribution >= 0.6 is 11.6 Å². The number of carbonyl (C=O) groups is 4. The lowest BCUT2D eigenvalue weighted by molar-refractivity contribution is -0.138. The Balaban J connectivity index is 1.65. The van der Waals surface area contributed by atoms with Crippen LogP contribution in [0.4, 0.5) is 19.3 Å². The van der Waals surface area contributed by atoms with E-state index in [4.69, 9.17) is 11.6 Å². The fourth-order valence-corrected chi connectivity index (χ4v) is 4.44. The van der Waals surface area contributed by atoms with Crippen LogP contribution in [0.15, 0.2) is 72.8 Å².